The van der Waals surface area contributed by atoms with E-state index in [9.17, 15) is 0 Å². The molecule has 0 aromatic rings. The molecule has 0 heterocycles. The van der Waals surface area contributed by atoms with Gasteiger partial charge in [-0.1, -0.05) is 13.8 Å². The topological polar surface area (TPSA) is 76.1 Å². The van der Waals surface area contributed by atoms with Crippen LogP contribution in [-0.4, -0.2) is 0 Å². The van der Waals surface area contributed by atoms with Gasteiger partial charge in [-0.15, -0.1) is 0 Å². The van der Waals surface area contributed by atoms with Crippen molar-refractivity contribution in [1.29, 1.82) is 0 Å². The molecule has 0 aliphatic carbocycles. The summed E-state index contributed by atoms with van der Waals surface area (Å²) in [6, 6.07) is 0. The Morgan fingerprint density at radius 2 is 2.11 bits per heavy atom. The van der Waals surface area contributed by atoms with E-state index < -0.39 is 0 Å². The molecule has 0 unspecified atom stereocenters. The van der Waals surface area contributed by atoms with Crippen LogP contribution in [0.1, 0.15) is 13.8 Å². The van der Waals surface area contributed by atoms with Crippen LogP contribution >= 0.6 is 0 Å². The Bertz CT molecular complexity index is 97.1. The van der Waals surface area contributed by atoms with E-state index in [-0.39, 0.29) is 0 Å². The third-order valence-electron chi connectivity index (χ3n) is 1.02. The van der Waals surface area contributed by atoms with Gasteiger partial charge in [-0.3, -0.25) is 5.84 Å². The van der Waals surface area contributed by atoms with E-state index in [4.69, 9.17) is 11.6 Å². The summed E-state index contributed by atoms with van der Waals surface area (Å²) in [5, 5.41) is 0. The second-order valence-electron chi connectivity index (χ2n) is 2.05. The van der Waals surface area contributed by atoms with Gasteiger partial charge in [-0.05, 0) is 5.92 Å². The maximum atomic E-state index is 5.24. The first-order valence-corrected chi connectivity index (χ1v) is 2.85. The molecule has 0 atom stereocenters. The van der Waals surface area contributed by atoms with Crippen LogP contribution in [0.2, 0.25) is 0 Å². The van der Waals surface area contributed by atoms with Crippen LogP contribution in [0.25, 0.3) is 0 Å². The molecule has 4 nitrogen and oxygen atoms in total. The van der Waals surface area contributed by atoms with Crippen molar-refractivity contribution < 1.29 is 0 Å². The summed E-state index contributed by atoms with van der Waals surface area (Å²) >= 11 is 0. The first kappa shape index (κ1) is 8.26. The van der Waals surface area contributed by atoms with Gasteiger partial charge in [0.05, 0.1) is 0 Å². The summed E-state index contributed by atoms with van der Waals surface area (Å²) < 4.78 is 0. The van der Waals surface area contributed by atoms with Gasteiger partial charge in [-0.2, -0.15) is 5.53 Å². The van der Waals surface area contributed by atoms with Crippen LogP contribution in [0.5, 0.6) is 0 Å². The number of hydrogen-bond donors (Lipinski definition) is 4. The lowest BCUT2D eigenvalue weighted by Crippen LogP contribution is -2.38. The van der Waals surface area contributed by atoms with E-state index in [0.29, 0.717) is 5.92 Å². The maximum Gasteiger partial charge on any atom is 0.0454 e. The molecular weight excluding hydrogens is 116 g/mol. The van der Waals surface area contributed by atoms with Crippen molar-refractivity contribution in [2.45, 2.75) is 13.8 Å². The van der Waals surface area contributed by atoms with E-state index in [2.05, 4.69) is 11.0 Å². The molecule has 0 bridgehead atoms. The largest absolute Gasteiger partial charge is 0.403 e. The lowest BCUT2D eigenvalue weighted by molar-refractivity contribution is 0.560. The third kappa shape index (κ3) is 2.94. The molecule has 54 valence electrons. The van der Waals surface area contributed by atoms with Gasteiger partial charge in [-0.25, -0.2) is 0 Å². The molecule has 0 radical (unpaired) electrons. The fraction of sp³-hybridized carbons (Fsp3) is 0.600. The van der Waals surface area contributed by atoms with Crippen molar-refractivity contribution in [3.05, 3.63) is 11.9 Å². The van der Waals surface area contributed by atoms with Crippen LogP contribution in [0.15, 0.2) is 11.9 Å². The summed E-state index contributed by atoms with van der Waals surface area (Å²) in [7, 11) is 0. The number of rotatable bonds is 3. The van der Waals surface area contributed by atoms with Crippen molar-refractivity contribution in [3.63, 3.8) is 0 Å². The van der Waals surface area contributed by atoms with Gasteiger partial charge in [0.15, 0.2) is 0 Å². The Morgan fingerprint density at radius 3 is 2.22 bits per heavy atom. The highest BCUT2D eigenvalue weighted by Crippen LogP contribution is 2.01. The van der Waals surface area contributed by atoms with E-state index in [1.165, 1.54) is 6.20 Å². The normalized spacial score (nSPS) is 12.2. The van der Waals surface area contributed by atoms with Gasteiger partial charge >= 0.3 is 0 Å². The van der Waals surface area contributed by atoms with Crippen LogP contribution in [-0.2, 0) is 0 Å². The minimum atomic E-state index is 0.367. The van der Waals surface area contributed by atoms with Crippen molar-refractivity contribution in [2.75, 3.05) is 0 Å². The molecule has 0 aliphatic heterocycles. The number of hydrazine groups is 2. The summed E-state index contributed by atoms with van der Waals surface area (Å²) in [4.78, 5) is 0. The van der Waals surface area contributed by atoms with Crippen molar-refractivity contribution in [1.82, 2.24) is 11.0 Å². The Hall–Kier alpha value is -0.740. The maximum absolute atomic E-state index is 5.24. The minimum absolute atomic E-state index is 0.367. The van der Waals surface area contributed by atoms with Gasteiger partial charge in [0, 0.05) is 11.9 Å². The zero-order valence-electron chi connectivity index (χ0n) is 5.81. The monoisotopic (exact) mass is 130 g/mol. The first-order valence-electron chi connectivity index (χ1n) is 2.85. The molecule has 0 saturated heterocycles. The van der Waals surface area contributed by atoms with E-state index in [1.54, 1.807) is 0 Å². The average molecular weight is 130 g/mol. The van der Waals surface area contributed by atoms with E-state index in [0.717, 1.165) is 5.70 Å². The molecule has 0 spiro atoms. The second kappa shape index (κ2) is 4.17. The standard InChI is InChI=1S/C5H14N4/c1-4(2)5(3-6)8-9-7/h3-4,8-9H,6-7H2,1-2H3/b5-3-. The smallest absolute Gasteiger partial charge is 0.0454 e. The predicted octanol–water partition coefficient (Wildman–Crippen LogP) is -0.590. The summed E-state index contributed by atoms with van der Waals surface area (Å²) in [5.74, 6) is 5.35. The molecule has 0 fully saturated rings. The molecule has 0 aliphatic rings. The van der Waals surface area contributed by atoms with Gasteiger partial charge in [0.25, 0.3) is 0 Å². The number of nitrogens with one attached hydrogen (secondary N) is 2. The fourth-order valence-electron chi connectivity index (χ4n) is 0.462. The lowest BCUT2D eigenvalue weighted by Gasteiger charge is -2.10. The van der Waals surface area contributed by atoms with Crippen LogP contribution < -0.4 is 22.5 Å². The number of hydrogen-bond acceptors (Lipinski definition) is 4. The second-order valence-corrected chi connectivity index (χ2v) is 2.05. The van der Waals surface area contributed by atoms with E-state index >= 15 is 0 Å². The van der Waals surface area contributed by atoms with Crippen LogP contribution in [0.4, 0.5) is 0 Å². The molecule has 0 aromatic heterocycles. The lowest BCUT2D eigenvalue weighted by atomic mass is 10.2. The highest BCUT2D eigenvalue weighted by atomic mass is 15.5. The zero-order chi connectivity index (χ0) is 7.28. The predicted molar refractivity (Wildman–Crippen MR) is 37.6 cm³/mol. The zero-order valence-corrected chi connectivity index (χ0v) is 5.81. The molecule has 0 saturated carbocycles. The Morgan fingerprint density at radius 1 is 1.56 bits per heavy atom. The number of nitrogens with two attached hydrogens (primary N) is 2. The minimum Gasteiger partial charge on any atom is -0.403 e. The summed E-state index contributed by atoms with van der Waals surface area (Å²) in [6.45, 7) is 4.03. The van der Waals surface area contributed by atoms with Gasteiger partial charge in [0.2, 0.25) is 0 Å². The highest BCUT2D eigenvalue weighted by Gasteiger charge is 1.98. The third-order valence-corrected chi connectivity index (χ3v) is 1.02. The first-order chi connectivity index (χ1) is 4.22. The molecule has 0 amide bonds. The van der Waals surface area contributed by atoms with Gasteiger partial charge in [0.1, 0.15) is 0 Å². The Balaban J connectivity index is 3.70. The van der Waals surface area contributed by atoms with Crippen molar-refractivity contribution in [2.24, 2.45) is 17.5 Å². The van der Waals surface area contributed by atoms with Crippen molar-refractivity contribution in [3.8, 4) is 0 Å². The molecule has 6 N–H and O–H groups in total. The number of allylic oxidation sites excluding steroid dienone is 1. The summed E-state index contributed by atoms with van der Waals surface area (Å²) in [5.41, 5.74) is 11.1. The SMILES string of the molecule is CC(C)/C(=C/N)NNN. The van der Waals surface area contributed by atoms with Crippen LogP contribution in [0.3, 0.4) is 0 Å². The average Bonchev–Trinajstić information content (AvgIpc) is 1.82. The van der Waals surface area contributed by atoms with Crippen LogP contribution in [0, 0.1) is 5.92 Å². The highest BCUT2D eigenvalue weighted by molar-refractivity contribution is 4.97. The molecule has 0 aromatic carbocycles. The molecule has 9 heavy (non-hydrogen) atoms. The molecule has 4 heteroatoms. The van der Waals surface area contributed by atoms with Gasteiger partial charge < -0.3 is 11.2 Å². The van der Waals surface area contributed by atoms with E-state index in [1.807, 2.05) is 13.8 Å². The quantitative estimate of drug-likeness (QED) is 0.304. The summed E-state index contributed by atoms with van der Waals surface area (Å²) in [6.07, 6.45) is 1.49. The van der Waals surface area contributed by atoms with Crippen molar-refractivity contribution >= 4 is 0 Å². The Kier molecular flexibility index (Phi) is 3.83. The molecular formula is C5H14N4. The Labute approximate surface area is 55.2 Å². The molecule has 0 rings (SSSR count). The fourth-order valence-corrected chi connectivity index (χ4v) is 0.462.